The van der Waals surface area contributed by atoms with E-state index >= 15 is 0 Å². The number of carbonyl (C=O) groups excluding carboxylic acids is 2. The van der Waals surface area contributed by atoms with E-state index in [1.165, 1.54) is 23.0 Å². The molecule has 0 saturated heterocycles. The molecule has 0 amide bonds. The molecule has 0 radical (unpaired) electrons. The number of nitrogens with zero attached hydrogens (tertiary/aromatic N) is 2. The van der Waals surface area contributed by atoms with E-state index in [2.05, 4.69) is 41.6 Å². The number of hydrogen-bond acceptors (Lipinski definition) is 10. The predicted molar refractivity (Wildman–Crippen MR) is 173 cm³/mol. The van der Waals surface area contributed by atoms with Crippen molar-refractivity contribution in [1.29, 1.82) is 0 Å². The van der Waals surface area contributed by atoms with Gasteiger partial charge in [-0.3, -0.25) is 9.36 Å². The van der Waals surface area contributed by atoms with Crippen LogP contribution in [-0.2, 0) is 19.1 Å². The van der Waals surface area contributed by atoms with E-state index in [0.717, 1.165) is 8.95 Å². The van der Waals surface area contributed by atoms with Gasteiger partial charge in [0.25, 0.3) is 5.56 Å². The van der Waals surface area contributed by atoms with Crippen molar-refractivity contribution in [3.05, 3.63) is 81.4 Å². The first-order valence-corrected chi connectivity index (χ1v) is 16.2. The molecule has 0 N–H and O–H groups in total. The largest absolute Gasteiger partial charge is 0.490 e. The number of thiazole rings is 1. The molecule has 1 aliphatic rings. The zero-order valence-corrected chi connectivity index (χ0v) is 29.1. The molecule has 1 aliphatic heterocycles. The van der Waals surface area contributed by atoms with Gasteiger partial charge in [-0.05, 0) is 86.5 Å². The maximum absolute atomic E-state index is 14.2. The number of methoxy groups -OCH3 is 1. The summed E-state index contributed by atoms with van der Waals surface area (Å²) < 4.78 is 31.0. The molecule has 0 aliphatic carbocycles. The van der Waals surface area contributed by atoms with Crippen LogP contribution in [0.5, 0.6) is 17.2 Å². The van der Waals surface area contributed by atoms with E-state index < -0.39 is 18.0 Å². The monoisotopic (exact) mass is 750 g/mol. The summed E-state index contributed by atoms with van der Waals surface area (Å²) in [4.78, 5) is 44.3. The van der Waals surface area contributed by atoms with Crippen molar-refractivity contribution in [2.45, 2.75) is 46.8 Å². The van der Waals surface area contributed by atoms with Gasteiger partial charge in [-0.25, -0.2) is 14.6 Å². The highest BCUT2D eigenvalue weighted by Gasteiger charge is 2.34. The highest BCUT2D eigenvalue weighted by Crippen LogP contribution is 2.37. The fourth-order valence-corrected chi connectivity index (χ4v) is 6.96. The zero-order chi connectivity index (χ0) is 32.1. The quantitative estimate of drug-likeness (QED) is 0.250. The van der Waals surface area contributed by atoms with Gasteiger partial charge in [-0.1, -0.05) is 33.3 Å². The van der Waals surface area contributed by atoms with Gasteiger partial charge in [-0.2, -0.15) is 0 Å². The topological polar surface area (TPSA) is 115 Å². The zero-order valence-electron chi connectivity index (χ0n) is 25.1. The van der Waals surface area contributed by atoms with E-state index in [1.807, 2.05) is 32.9 Å². The first-order chi connectivity index (χ1) is 21.0. The normalized spacial score (nSPS) is 14.7. The molecule has 4 rings (SSSR count). The van der Waals surface area contributed by atoms with Crippen molar-refractivity contribution in [1.82, 2.24) is 4.57 Å². The van der Waals surface area contributed by atoms with Crippen LogP contribution in [0.15, 0.2) is 60.3 Å². The number of rotatable bonds is 11. The molecular formula is C31H32Br2N2O8S. The lowest BCUT2D eigenvalue weighted by Crippen LogP contribution is -2.40. The van der Waals surface area contributed by atoms with E-state index in [1.54, 1.807) is 38.1 Å². The Morgan fingerprint density at radius 3 is 2.50 bits per heavy atom. The summed E-state index contributed by atoms with van der Waals surface area (Å²) in [6.45, 7) is 9.23. The lowest BCUT2D eigenvalue weighted by atomic mass is 9.95. The van der Waals surface area contributed by atoms with Gasteiger partial charge in [-0.15, -0.1) is 0 Å². The molecule has 0 unspecified atom stereocenters. The average molecular weight is 752 g/mol. The molecule has 0 spiro atoms. The fraction of sp³-hybridized carbons (Fsp3) is 0.355. The van der Waals surface area contributed by atoms with Crippen molar-refractivity contribution < 1.29 is 33.3 Å². The van der Waals surface area contributed by atoms with Crippen LogP contribution in [0.1, 0.15) is 51.8 Å². The first kappa shape index (κ1) is 33.5. The fourth-order valence-electron chi connectivity index (χ4n) is 4.57. The van der Waals surface area contributed by atoms with Crippen LogP contribution in [0.3, 0.4) is 0 Å². The summed E-state index contributed by atoms with van der Waals surface area (Å²) in [5, 5.41) is 0. The Morgan fingerprint density at radius 1 is 1.09 bits per heavy atom. The van der Waals surface area contributed by atoms with Crippen molar-refractivity contribution in [2.24, 2.45) is 4.99 Å². The number of esters is 2. The van der Waals surface area contributed by atoms with Crippen LogP contribution < -0.4 is 29.1 Å². The van der Waals surface area contributed by atoms with E-state index in [0.29, 0.717) is 50.0 Å². The highest BCUT2D eigenvalue weighted by molar-refractivity contribution is 9.11. The minimum absolute atomic E-state index is 0.102. The number of aromatic nitrogens is 1. The highest BCUT2D eigenvalue weighted by atomic mass is 79.9. The van der Waals surface area contributed by atoms with E-state index in [9.17, 15) is 14.4 Å². The van der Waals surface area contributed by atoms with Crippen LogP contribution in [0.25, 0.3) is 6.08 Å². The third kappa shape index (κ3) is 7.27. The van der Waals surface area contributed by atoms with Crippen molar-refractivity contribution in [3.63, 3.8) is 0 Å². The third-order valence-electron chi connectivity index (χ3n) is 6.35. The molecular weight excluding hydrogens is 720 g/mol. The van der Waals surface area contributed by atoms with Gasteiger partial charge in [0.15, 0.2) is 22.9 Å². The predicted octanol–water partition coefficient (Wildman–Crippen LogP) is 5.06. The molecule has 1 aromatic heterocycles. The molecule has 13 heteroatoms. The molecule has 2 heterocycles. The van der Waals surface area contributed by atoms with Crippen LogP contribution in [-0.4, -0.2) is 49.5 Å². The second-order valence-electron chi connectivity index (χ2n) is 9.78. The maximum atomic E-state index is 14.2. The molecule has 2 aromatic carbocycles. The van der Waals surface area contributed by atoms with Crippen LogP contribution in [0, 0.1) is 0 Å². The molecule has 0 saturated carbocycles. The van der Waals surface area contributed by atoms with Crippen LogP contribution in [0.4, 0.5) is 0 Å². The van der Waals surface area contributed by atoms with Crippen molar-refractivity contribution in [3.8, 4) is 17.2 Å². The molecule has 0 fully saturated rings. The van der Waals surface area contributed by atoms with Crippen molar-refractivity contribution in [2.75, 3.05) is 26.9 Å². The van der Waals surface area contributed by atoms with Gasteiger partial charge in [0, 0.05) is 10.0 Å². The lowest BCUT2D eigenvalue weighted by molar-refractivity contribution is -0.143. The Kier molecular flexibility index (Phi) is 11.1. The maximum Gasteiger partial charge on any atom is 0.343 e. The molecule has 3 aromatic rings. The van der Waals surface area contributed by atoms with Gasteiger partial charge in [0.2, 0.25) is 0 Å². The van der Waals surface area contributed by atoms with Gasteiger partial charge in [0.1, 0.15) is 5.75 Å². The standard InChI is InChI=1S/C31H32Br2N2O8S/c1-7-40-23-12-18(9-10-22(23)42-15-25(36)39-6)27-26(30(38)41-8-2)17(5)34-31-35(27)29(37)24(44-31)13-19-11-20(32)14-21(33)28(19)43-16(3)4/h9-14,16,27H,7-8,15H2,1-6H3/b24-13+/t27-/m1/s1. The molecule has 0 bridgehead atoms. The molecule has 44 heavy (non-hydrogen) atoms. The smallest absolute Gasteiger partial charge is 0.343 e. The van der Waals surface area contributed by atoms with Gasteiger partial charge in [0.05, 0.1) is 52.7 Å². The lowest BCUT2D eigenvalue weighted by Gasteiger charge is -2.25. The number of benzene rings is 2. The summed E-state index contributed by atoms with van der Waals surface area (Å²) in [5.74, 6) is 0.109. The minimum Gasteiger partial charge on any atom is -0.490 e. The number of carbonyl (C=O) groups is 2. The Hall–Kier alpha value is -3.42. The second-order valence-corrected chi connectivity index (χ2v) is 12.6. The summed E-state index contributed by atoms with van der Waals surface area (Å²) in [6.07, 6.45) is 1.65. The SMILES string of the molecule is CCOC(=O)C1=C(C)N=c2s/c(=C/c3cc(Br)cc(Br)c3OC(C)C)c(=O)n2[C@@H]1c1ccc(OCC(=O)OC)c(OCC)c1. The van der Waals surface area contributed by atoms with Gasteiger partial charge < -0.3 is 23.7 Å². The Balaban J connectivity index is 1.94. The summed E-state index contributed by atoms with van der Waals surface area (Å²) in [7, 11) is 1.27. The van der Waals surface area contributed by atoms with Crippen LogP contribution in [0.2, 0.25) is 0 Å². The Bertz CT molecular complexity index is 1790. The Morgan fingerprint density at radius 2 is 1.84 bits per heavy atom. The van der Waals surface area contributed by atoms with Crippen molar-refractivity contribution >= 4 is 61.2 Å². The van der Waals surface area contributed by atoms with Crippen LogP contribution >= 0.6 is 43.2 Å². The second kappa shape index (κ2) is 14.6. The average Bonchev–Trinajstić information content (AvgIpc) is 3.27. The molecule has 10 nitrogen and oxygen atoms in total. The molecule has 1 atom stereocenters. The number of ether oxygens (including phenoxy) is 5. The summed E-state index contributed by atoms with van der Waals surface area (Å²) >= 11 is 8.30. The third-order valence-corrected chi connectivity index (χ3v) is 8.38. The van der Waals surface area contributed by atoms with Gasteiger partial charge >= 0.3 is 11.9 Å². The van der Waals surface area contributed by atoms with E-state index in [4.69, 9.17) is 18.9 Å². The number of allylic oxidation sites excluding steroid dienone is 1. The Labute approximate surface area is 275 Å². The number of hydrogen-bond donors (Lipinski definition) is 0. The summed E-state index contributed by atoms with van der Waals surface area (Å²) in [6, 6.07) is 7.91. The first-order valence-electron chi connectivity index (χ1n) is 13.8. The summed E-state index contributed by atoms with van der Waals surface area (Å²) in [5.41, 5.74) is 1.57. The van der Waals surface area contributed by atoms with E-state index in [-0.39, 0.29) is 30.5 Å². The number of fused-ring (bicyclic) bond motifs is 1. The molecule has 234 valence electrons. The minimum atomic E-state index is -0.873. The number of halogens is 2.